The SMILES string of the molecule is C[C@@H]1CCN(c2ncc(Cl)c3ccccc23)C[C@H]1c1cc(C(F)F)nc2ncnn12. The first-order valence-electron chi connectivity index (χ1n) is 9.80. The molecule has 0 saturated carbocycles. The van der Waals surface area contributed by atoms with Gasteiger partial charge in [-0.25, -0.2) is 23.3 Å². The van der Waals surface area contributed by atoms with Gasteiger partial charge in [-0.2, -0.15) is 10.1 Å². The summed E-state index contributed by atoms with van der Waals surface area (Å²) in [5.74, 6) is 1.30. The molecule has 3 aromatic heterocycles. The van der Waals surface area contributed by atoms with E-state index in [0.29, 0.717) is 17.3 Å². The molecule has 1 saturated heterocycles. The second-order valence-electron chi connectivity index (χ2n) is 7.67. The van der Waals surface area contributed by atoms with E-state index in [9.17, 15) is 8.78 Å². The Labute approximate surface area is 176 Å². The van der Waals surface area contributed by atoms with Crippen LogP contribution in [0.25, 0.3) is 16.6 Å². The number of hydrogen-bond donors (Lipinski definition) is 0. The summed E-state index contributed by atoms with van der Waals surface area (Å²) < 4.78 is 28.5. The smallest absolute Gasteiger partial charge is 0.280 e. The van der Waals surface area contributed by atoms with Gasteiger partial charge in [-0.1, -0.05) is 42.8 Å². The summed E-state index contributed by atoms with van der Waals surface area (Å²) in [5.41, 5.74) is 0.424. The molecule has 1 aromatic carbocycles. The quantitative estimate of drug-likeness (QED) is 0.465. The van der Waals surface area contributed by atoms with Crippen LogP contribution in [0.4, 0.5) is 14.6 Å². The molecule has 1 aliphatic heterocycles. The van der Waals surface area contributed by atoms with Crippen molar-refractivity contribution in [3.63, 3.8) is 0 Å². The van der Waals surface area contributed by atoms with E-state index in [1.54, 1.807) is 10.7 Å². The molecule has 0 aliphatic carbocycles. The van der Waals surface area contributed by atoms with Gasteiger partial charge in [-0.15, -0.1) is 0 Å². The van der Waals surface area contributed by atoms with Crippen molar-refractivity contribution in [3.8, 4) is 0 Å². The number of piperidine rings is 1. The van der Waals surface area contributed by atoms with E-state index < -0.39 is 6.43 Å². The van der Waals surface area contributed by atoms with Crippen molar-refractivity contribution in [3.05, 3.63) is 59.3 Å². The second kappa shape index (κ2) is 7.43. The summed E-state index contributed by atoms with van der Waals surface area (Å²) in [6.07, 6.45) is 1.25. The van der Waals surface area contributed by atoms with E-state index in [-0.39, 0.29) is 23.3 Å². The van der Waals surface area contributed by atoms with Crippen LogP contribution < -0.4 is 4.90 Å². The highest BCUT2D eigenvalue weighted by molar-refractivity contribution is 6.35. The first-order valence-corrected chi connectivity index (χ1v) is 10.2. The van der Waals surface area contributed by atoms with Crippen LogP contribution >= 0.6 is 11.6 Å². The zero-order valence-electron chi connectivity index (χ0n) is 16.2. The fourth-order valence-corrected chi connectivity index (χ4v) is 4.49. The Morgan fingerprint density at radius 1 is 1.17 bits per heavy atom. The average Bonchev–Trinajstić information content (AvgIpc) is 3.23. The van der Waals surface area contributed by atoms with Crippen molar-refractivity contribution in [1.29, 1.82) is 0 Å². The zero-order chi connectivity index (χ0) is 20.8. The fraction of sp³-hybridized carbons (Fsp3) is 0.333. The number of benzene rings is 1. The number of alkyl halides is 2. The van der Waals surface area contributed by atoms with Gasteiger partial charge in [-0.05, 0) is 18.4 Å². The largest absolute Gasteiger partial charge is 0.355 e. The van der Waals surface area contributed by atoms with Gasteiger partial charge >= 0.3 is 0 Å². The summed E-state index contributed by atoms with van der Waals surface area (Å²) in [6.45, 7) is 3.59. The number of nitrogens with zero attached hydrogens (tertiary/aromatic N) is 6. The lowest BCUT2D eigenvalue weighted by atomic mass is 9.84. The molecule has 0 spiro atoms. The molecule has 4 heterocycles. The maximum Gasteiger partial charge on any atom is 0.280 e. The highest BCUT2D eigenvalue weighted by Gasteiger charge is 2.32. The molecule has 1 aliphatic rings. The van der Waals surface area contributed by atoms with Crippen molar-refractivity contribution in [2.75, 3.05) is 18.0 Å². The highest BCUT2D eigenvalue weighted by Crippen LogP contribution is 2.37. The van der Waals surface area contributed by atoms with Crippen molar-refractivity contribution in [2.24, 2.45) is 5.92 Å². The Kier molecular flexibility index (Phi) is 4.73. The number of aromatic nitrogens is 5. The van der Waals surface area contributed by atoms with Gasteiger partial charge in [0.05, 0.1) is 10.7 Å². The van der Waals surface area contributed by atoms with Gasteiger partial charge in [-0.3, -0.25) is 0 Å². The molecule has 9 heteroatoms. The topological polar surface area (TPSA) is 59.2 Å². The Balaban J connectivity index is 1.58. The Morgan fingerprint density at radius 2 is 1.97 bits per heavy atom. The van der Waals surface area contributed by atoms with E-state index >= 15 is 0 Å². The normalized spacial score (nSPS) is 19.8. The van der Waals surface area contributed by atoms with Gasteiger partial charge in [0.1, 0.15) is 17.8 Å². The molecule has 5 rings (SSSR count). The summed E-state index contributed by atoms with van der Waals surface area (Å²) >= 11 is 6.34. The first-order chi connectivity index (χ1) is 14.5. The third-order valence-corrected chi connectivity index (χ3v) is 6.19. The molecule has 0 N–H and O–H groups in total. The van der Waals surface area contributed by atoms with E-state index in [2.05, 4.69) is 31.9 Å². The maximum absolute atomic E-state index is 13.4. The molecule has 0 bridgehead atoms. The molecule has 6 nitrogen and oxygen atoms in total. The lowest BCUT2D eigenvalue weighted by Crippen LogP contribution is -2.39. The van der Waals surface area contributed by atoms with Gasteiger partial charge in [0, 0.05) is 36.0 Å². The number of rotatable bonds is 3. The van der Waals surface area contributed by atoms with Crippen LogP contribution in [0.2, 0.25) is 5.02 Å². The molecule has 0 amide bonds. The molecular formula is C21H19ClF2N6. The Hall–Kier alpha value is -2.87. The molecule has 30 heavy (non-hydrogen) atoms. The van der Waals surface area contributed by atoms with Gasteiger partial charge < -0.3 is 4.90 Å². The molecule has 4 aromatic rings. The third-order valence-electron chi connectivity index (χ3n) is 5.89. The van der Waals surface area contributed by atoms with Crippen LogP contribution in [-0.2, 0) is 0 Å². The van der Waals surface area contributed by atoms with Crippen molar-refractivity contribution < 1.29 is 8.78 Å². The summed E-state index contributed by atoms with van der Waals surface area (Å²) in [7, 11) is 0. The second-order valence-corrected chi connectivity index (χ2v) is 8.08. The van der Waals surface area contributed by atoms with Crippen LogP contribution in [0.15, 0.2) is 42.9 Å². The number of halogens is 3. The van der Waals surface area contributed by atoms with E-state index in [0.717, 1.165) is 29.6 Å². The van der Waals surface area contributed by atoms with E-state index in [1.807, 2.05) is 24.3 Å². The highest BCUT2D eigenvalue weighted by atomic mass is 35.5. The molecule has 154 valence electrons. The number of pyridine rings is 1. The minimum absolute atomic E-state index is 0.0281. The standard InChI is InChI=1S/C21H19ClF2N6/c1-12-6-7-29(20-14-5-3-2-4-13(14)16(22)9-25-20)10-15(12)18-8-17(19(23)24)28-21-26-11-27-30(18)21/h2-5,8-9,11-12,15,19H,6-7,10H2,1H3/t12-,15-/m1/s1. The molecule has 1 fully saturated rings. The minimum Gasteiger partial charge on any atom is -0.355 e. The summed E-state index contributed by atoms with van der Waals surface area (Å²) in [4.78, 5) is 14.8. The Morgan fingerprint density at radius 3 is 2.77 bits per heavy atom. The van der Waals surface area contributed by atoms with Gasteiger partial charge in [0.2, 0.25) is 0 Å². The summed E-state index contributed by atoms with van der Waals surface area (Å²) in [6, 6.07) is 9.36. The summed E-state index contributed by atoms with van der Waals surface area (Å²) in [5, 5.41) is 6.77. The fourth-order valence-electron chi connectivity index (χ4n) is 4.27. The van der Waals surface area contributed by atoms with Crippen LogP contribution in [-0.4, -0.2) is 37.7 Å². The predicted molar refractivity (Wildman–Crippen MR) is 111 cm³/mol. The minimum atomic E-state index is -2.66. The molecular weight excluding hydrogens is 410 g/mol. The van der Waals surface area contributed by atoms with Crippen LogP contribution in [0.3, 0.4) is 0 Å². The predicted octanol–water partition coefficient (Wildman–Crippen LogP) is 4.89. The van der Waals surface area contributed by atoms with Crippen LogP contribution in [0.5, 0.6) is 0 Å². The first kappa shape index (κ1) is 19.1. The maximum atomic E-state index is 13.4. The average molecular weight is 429 g/mol. The van der Waals surface area contributed by atoms with E-state index in [1.165, 1.54) is 12.4 Å². The number of fused-ring (bicyclic) bond motifs is 2. The van der Waals surface area contributed by atoms with Gasteiger partial charge in [0.15, 0.2) is 0 Å². The lowest BCUT2D eigenvalue weighted by molar-refractivity contribution is 0.146. The zero-order valence-corrected chi connectivity index (χ0v) is 17.0. The Bertz CT molecular complexity index is 1230. The van der Waals surface area contributed by atoms with Crippen molar-refractivity contribution in [1.82, 2.24) is 24.6 Å². The lowest BCUT2D eigenvalue weighted by Gasteiger charge is -2.38. The third kappa shape index (κ3) is 3.15. The molecule has 0 unspecified atom stereocenters. The number of hydrogen-bond acceptors (Lipinski definition) is 5. The monoisotopic (exact) mass is 428 g/mol. The molecule has 2 atom stereocenters. The van der Waals surface area contributed by atoms with Crippen molar-refractivity contribution >= 4 is 34.0 Å². The van der Waals surface area contributed by atoms with Crippen LogP contribution in [0.1, 0.15) is 37.1 Å². The van der Waals surface area contributed by atoms with E-state index in [4.69, 9.17) is 11.6 Å². The van der Waals surface area contributed by atoms with Crippen LogP contribution in [0, 0.1) is 5.92 Å². The van der Waals surface area contributed by atoms with Gasteiger partial charge in [0.25, 0.3) is 12.2 Å². The molecule has 0 radical (unpaired) electrons. The number of anilines is 1. The van der Waals surface area contributed by atoms with Crippen molar-refractivity contribution in [2.45, 2.75) is 25.7 Å².